The van der Waals surface area contributed by atoms with Gasteiger partial charge in [0.1, 0.15) is 11.6 Å². The SMILES string of the molecule is C[C@H](O)c1ccc(CNc2ccc(F)cn2)cc1. The topological polar surface area (TPSA) is 45.1 Å². The third-order valence-electron chi connectivity index (χ3n) is 2.66. The molecule has 0 unspecified atom stereocenters. The Morgan fingerprint density at radius 1 is 1.22 bits per heavy atom. The summed E-state index contributed by atoms with van der Waals surface area (Å²) < 4.78 is 12.7. The normalized spacial score (nSPS) is 12.2. The van der Waals surface area contributed by atoms with Crippen LogP contribution >= 0.6 is 0 Å². The summed E-state index contributed by atoms with van der Waals surface area (Å²) >= 11 is 0. The Morgan fingerprint density at radius 3 is 2.50 bits per heavy atom. The minimum absolute atomic E-state index is 0.346. The van der Waals surface area contributed by atoms with Crippen LogP contribution in [0.25, 0.3) is 0 Å². The number of hydrogen-bond acceptors (Lipinski definition) is 3. The molecule has 0 aliphatic carbocycles. The van der Waals surface area contributed by atoms with Gasteiger partial charge in [-0.3, -0.25) is 0 Å². The predicted octanol–water partition coefficient (Wildman–Crippen LogP) is 2.89. The van der Waals surface area contributed by atoms with Gasteiger partial charge in [-0.1, -0.05) is 24.3 Å². The number of hydrogen-bond donors (Lipinski definition) is 2. The lowest BCUT2D eigenvalue weighted by Gasteiger charge is -2.08. The molecule has 0 radical (unpaired) electrons. The molecule has 0 spiro atoms. The largest absolute Gasteiger partial charge is 0.389 e. The van der Waals surface area contributed by atoms with E-state index in [-0.39, 0.29) is 5.82 Å². The zero-order chi connectivity index (χ0) is 13.0. The minimum atomic E-state index is -0.453. The molecule has 0 aliphatic rings. The van der Waals surface area contributed by atoms with Crippen molar-refractivity contribution in [3.63, 3.8) is 0 Å². The quantitative estimate of drug-likeness (QED) is 0.872. The van der Waals surface area contributed by atoms with E-state index < -0.39 is 6.10 Å². The van der Waals surface area contributed by atoms with Gasteiger partial charge in [0.2, 0.25) is 0 Å². The van der Waals surface area contributed by atoms with E-state index in [9.17, 15) is 9.50 Å². The maximum Gasteiger partial charge on any atom is 0.141 e. The first-order chi connectivity index (χ1) is 8.65. The van der Waals surface area contributed by atoms with Crippen LogP contribution in [0.2, 0.25) is 0 Å². The fourth-order valence-corrected chi connectivity index (χ4v) is 1.59. The van der Waals surface area contributed by atoms with Gasteiger partial charge in [-0.2, -0.15) is 0 Å². The van der Waals surface area contributed by atoms with Crippen molar-refractivity contribution in [3.8, 4) is 0 Å². The van der Waals surface area contributed by atoms with E-state index in [1.54, 1.807) is 13.0 Å². The molecule has 1 heterocycles. The third kappa shape index (κ3) is 3.28. The number of aliphatic hydroxyl groups excluding tert-OH is 1. The van der Waals surface area contributed by atoms with Gasteiger partial charge in [-0.25, -0.2) is 9.37 Å². The van der Waals surface area contributed by atoms with E-state index in [0.29, 0.717) is 12.4 Å². The van der Waals surface area contributed by atoms with Gasteiger partial charge < -0.3 is 10.4 Å². The van der Waals surface area contributed by atoms with Crippen molar-refractivity contribution in [2.45, 2.75) is 19.6 Å². The second-order valence-corrected chi connectivity index (χ2v) is 4.13. The number of anilines is 1. The molecule has 3 nitrogen and oxygen atoms in total. The molecule has 94 valence electrons. The Labute approximate surface area is 105 Å². The van der Waals surface area contributed by atoms with Gasteiger partial charge in [0, 0.05) is 6.54 Å². The highest BCUT2D eigenvalue weighted by atomic mass is 19.1. The second kappa shape index (κ2) is 5.60. The summed E-state index contributed by atoms with van der Waals surface area (Å²) in [6.07, 6.45) is 0.726. The van der Waals surface area contributed by atoms with E-state index >= 15 is 0 Å². The summed E-state index contributed by atoms with van der Waals surface area (Å²) in [5.41, 5.74) is 1.96. The molecular formula is C14H15FN2O. The third-order valence-corrected chi connectivity index (χ3v) is 2.66. The van der Waals surface area contributed by atoms with Crippen LogP contribution in [-0.2, 0) is 6.54 Å². The van der Waals surface area contributed by atoms with Crippen LogP contribution < -0.4 is 5.32 Å². The molecule has 2 aromatic rings. The van der Waals surface area contributed by atoms with E-state index in [1.807, 2.05) is 24.3 Å². The first-order valence-corrected chi connectivity index (χ1v) is 5.77. The Balaban J connectivity index is 1.95. The molecule has 1 aromatic carbocycles. The molecule has 18 heavy (non-hydrogen) atoms. The zero-order valence-corrected chi connectivity index (χ0v) is 10.1. The molecule has 2 N–H and O–H groups in total. The van der Waals surface area contributed by atoms with Gasteiger partial charge in [0.05, 0.1) is 12.3 Å². The molecule has 0 saturated heterocycles. The van der Waals surface area contributed by atoms with Crippen molar-refractivity contribution in [1.82, 2.24) is 4.98 Å². The second-order valence-electron chi connectivity index (χ2n) is 4.13. The van der Waals surface area contributed by atoms with E-state index in [2.05, 4.69) is 10.3 Å². The number of aromatic nitrogens is 1. The molecule has 1 atom stereocenters. The lowest BCUT2D eigenvalue weighted by Crippen LogP contribution is -2.01. The lowest BCUT2D eigenvalue weighted by molar-refractivity contribution is 0.199. The summed E-state index contributed by atoms with van der Waals surface area (Å²) in [5.74, 6) is 0.290. The first kappa shape index (κ1) is 12.5. The lowest BCUT2D eigenvalue weighted by atomic mass is 10.1. The average molecular weight is 246 g/mol. The summed E-state index contributed by atoms with van der Waals surface area (Å²) in [6.45, 7) is 2.34. The number of nitrogens with one attached hydrogen (secondary N) is 1. The van der Waals surface area contributed by atoms with Gasteiger partial charge in [0.15, 0.2) is 0 Å². The van der Waals surface area contributed by atoms with Crippen LogP contribution in [0.1, 0.15) is 24.2 Å². The Bertz CT molecular complexity index is 494. The summed E-state index contributed by atoms with van der Waals surface area (Å²) in [5, 5.41) is 12.5. The van der Waals surface area contributed by atoms with Crippen molar-refractivity contribution < 1.29 is 9.50 Å². The van der Waals surface area contributed by atoms with Gasteiger partial charge >= 0.3 is 0 Å². The van der Waals surface area contributed by atoms with Crippen LogP contribution in [0.3, 0.4) is 0 Å². The fraction of sp³-hybridized carbons (Fsp3) is 0.214. The molecule has 4 heteroatoms. The highest BCUT2D eigenvalue weighted by Gasteiger charge is 2.00. The molecule has 0 fully saturated rings. The number of pyridine rings is 1. The molecular weight excluding hydrogens is 231 g/mol. The molecule has 0 bridgehead atoms. The van der Waals surface area contributed by atoms with Crippen LogP contribution in [0.15, 0.2) is 42.6 Å². The zero-order valence-electron chi connectivity index (χ0n) is 10.1. The maximum absolute atomic E-state index is 12.7. The number of rotatable bonds is 4. The number of nitrogens with zero attached hydrogens (tertiary/aromatic N) is 1. The predicted molar refractivity (Wildman–Crippen MR) is 68.6 cm³/mol. The smallest absolute Gasteiger partial charge is 0.141 e. The number of aliphatic hydroxyl groups is 1. The Kier molecular flexibility index (Phi) is 3.89. The van der Waals surface area contributed by atoms with E-state index in [0.717, 1.165) is 11.1 Å². The molecule has 0 saturated carbocycles. The maximum atomic E-state index is 12.7. The van der Waals surface area contributed by atoms with Crippen molar-refractivity contribution in [1.29, 1.82) is 0 Å². The van der Waals surface area contributed by atoms with Crippen LogP contribution in [0, 0.1) is 5.82 Å². The van der Waals surface area contributed by atoms with Gasteiger partial charge in [0.25, 0.3) is 0 Å². The molecule has 1 aromatic heterocycles. The first-order valence-electron chi connectivity index (χ1n) is 5.77. The van der Waals surface area contributed by atoms with Gasteiger partial charge in [-0.05, 0) is 30.2 Å². The van der Waals surface area contributed by atoms with Crippen molar-refractivity contribution in [2.24, 2.45) is 0 Å². The van der Waals surface area contributed by atoms with Crippen LogP contribution in [0.5, 0.6) is 0 Å². The minimum Gasteiger partial charge on any atom is -0.389 e. The summed E-state index contributed by atoms with van der Waals surface area (Å²) in [4.78, 5) is 3.91. The van der Waals surface area contributed by atoms with Crippen molar-refractivity contribution in [3.05, 3.63) is 59.5 Å². The fourth-order valence-electron chi connectivity index (χ4n) is 1.59. The monoisotopic (exact) mass is 246 g/mol. The average Bonchev–Trinajstić information content (AvgIpc) is 2.38. The number of benzene rings is 1. The Morgan fingerprint density at radius 2 is 1.94 bits per heavy atom. The molecule has 0 aliphatic heterocycles. The molecule has 0 amide bonds. The molecule has 2 rings (SSSR count). The van der Waals surface area contributed by atoms with E-state index in [4.69, 9.17) is 0 Å². The van der Waals surface area contributed by atoms with Crippen LogP contribution in [-0.4, -0.2) is 10.1 Å². The van der Waals surface area contributed by atoms with E-state index in [1.165, 1.54) is 12.3 Å². The Hall–Kier alpha value is -1.94. The number of halogens is 1. The van der Waals surface area contributed by atoms with Crippen molar-refractivity contribution >= 4 is 5.82 Å². The highest BCUT2D eigenvalue weighted by Crippen LogP contribution is 2.13. The van der Waals surface area contributed by atoms with Gasteiger partial charge in [-0.15, -0.1) is 0 Å². The van der Waals surface area contributed by atoms with Crippen LogP contribution in [0.4, 0.5) is 10.2 Å². The standard InChI is InChI=1S/C14H15FN2O/c1-10(18)12-4-2-11(3-5-12)8-16-14-7-6-13(15)9-17-14/h2-7,9-10,18H,8H2,1H3,(H,16,17)/t10-/m0/s1. The summed E-state index contributed by atoms with van der Waals surface area (Å²) in [6, 6.07) is 10.6. The van der Waals surface area contributed by atoms with Crippen molar-refractivity contribution in [2.75, 3.05) is 5.32 Å². The highest BCUT2D eigenvalue weighted by molar-refractivity contribution is 5.35. The summed E-state index contributed by atoms with van der Waals surface area (Å²) in [7, 11) is 0.